The van der Waals surface area contributed by atoms with Gasteiger partial charge in [-0.05, 0) is 18.6 Å². The fourth-order valence-corrected chi connectivity index (χ4v) is 0.246. The van der Waals surface area contributed by atoms with E-state index in [0.717, 1.165) is 11.1 Å². The second kappa shape index (κ2) is 3.06. The summed E-state index contributed by atoms with van der Waals surface area (Å²) in [6.07, 6.45) is 1.71. The summed E-state index contributed by atoms with van der Waals surface area (Å²) in [4.78, 5) is 0. The smallest absolute Gasteiger partial charge is 0.0137 e. The minimum absolute atomic E-state index is 0.889. The summed E-state index contributed by atoms with van der Waals surface area (Å²) < 4.78 is 0. The van der Waals surface area contributed by atoms with Crippen LogP contribution in [0.4, 0.5) is 0 Å². The number of hydrogen-bond donors (Lipinski definition) is 0. The summed E-state index contributed by atoms with van der Waals surface area (Å²) in [5.74, 6) is 0. The minimum atomic E-state index is 0.889. The Hall–Kier alpha value is -1.00. The Balaban J connectivity index is 4.05. The average molecular weight is 106 g/mol. The Morgan fingerprint density at radius 3 is 2.12 bits per heavy atom. The van der Waals surface area contributed by atoms with Gasteiger partial charge in [0.25, 0.3) is 0 Å². The maximum atomic E-state index is 3.69. The molecule has 0 heterocycles. The van der Waals surface area contributed by atoms with E-state index in [9.17, 15) is 0 Å². The molecule has 0 atom stereocenters. The quantitative estimate of drug-likeness (QED) is 0.374. The summed E-state index contributed by atoms with van der Waals surface area (Å²) in [5.41, 5.74) is 4.46. The molecule has 0 aromatic carbocycles. The van der Waals surface area contributed by atoms with E-state index >= 15 is 0 Å². The lowest BCUT2D eigenvalue weighted by Gasteiger charge is -1.90. The monoisotopic (exact) mass is 106 g/mol. The van der Waals surface area contributed by atoms with Gasteiger partial charge in [0.15, 0.2) is 0 Å². The molecule has 0 nitrogen and oxygen atoms in total. The molecule has 8 heavy (non-hydrogen) atoms. The highest BCUT2D eigenvalue weighted by Gasteiger charge is 1.82. The highest BCUT2D eigenvalue weighted by molar-refractivity contribution is 5.32. The molecule has 0 saturated heterocycles. The van der Waals surface area contributed by atoms with E-state index in [0.29, 0.717) is 0 Å². The van der Waals surface area contributed by atoms with Crippen LogP contribution in [-0.4, -0.2) is 0 Å². The van der Waals surface area contributed by atoms with Crippen molar-refractivity contribution in [2.75, 3.05) is 0 Å². The zero-order valence-electron chi connectivity index (χ0n) is 5.20. The molecule has 0 amide bonds. The van der Waals surface area contributed by atoms with Crippen molar-refractivity contribution in [3.8, 4) is 0 Å². The Morgan fingerprint density at radius 1 is 1.50 bits per heavy atom. The van der Waals surface area contributed by atoms with Crippen molar-refractivity contribution < 1.29 is 0 Å². The summed E-state index contributed by atoms with van der Waals surface area (Å²) >= 11 is 0. The van der Waals surface area contributed by atoms with Crippen LogP contribution in [0.25, 0.3) is 0 Å². The second-order valence-corrected chi connectivity index (χ2v) is 1.65. The maximum Gasteiger partial charge on any atom is -0.0137 e. The van der Waals surface area contributed by atoms with Gasteiger partial charge in [-0.25, -0.2) is 0 Å². The fraction of sp³-hybridized carbons (Fsp3) is 0.125. The molecule has 0 heteroatoms. The van der Waals surface area contributed by atoms with Crippen LogP contribution in [0.15, 0.2) is 42.7 Å². The van der Waals surface area contributed by atoms with Gasteiger partial charge in [-0.2, -0.15) is 0 Å². The third-order valence-electron chi connectivity index (χ3n) is 0.824. The summed E-state index contributed by atoms with van der Waals surface area (Å²) in [6.45, 7) is 12.7. The molecule has 42 valence electrons. The van der Waals surface area contributed by atoms with Crippen LogP contribution in [0.2, 0.25) is 0 Å². The second-order valence-electron chi connectivity index (χ2n) is 1.65. The Morgan fingerprint density at radius 2 is 2.00 bits per heavy atom. The van der Waals surface area contributed by atoms with Crippen LogP contribution in [-0.2, 0) is 0 Å². The molecular weight excluding hydrogens is 96.1 g/mol. The van der Waals surface area contributed by atoms with Crippen molar-refractivity contribution in [3.63, 3.8) is 0 Å². The van der Waals surface area contributed by atoms with Crippen molar-refractivity contribution in [2.24, 2.45) is 0 Å². The lowest BCUT2D eigenvalue weighted by molar-refractivity contribution is 1.48. The Bertz CT molecular complexity index is 151. The molecule has 0 aromatic heterocycles. The van der Waals surface area contributed by atoms with Gasteiger partial charge in [0.1, 0.15) is 0 Å². The van der Waals surface area contributed by atoms with Crippen LogP contribution in [0.3, 0.4) is 0 Å². The molecule has 0 spiro atoms. The van der Waals surface area contributed by atoms with Crippen molar-refractivity contribution in [1.29, 1.82) is 0 Å². The molecule has 0 aliphatic heterocycles. The standard InChI is InChI=1S/C8H10/c1-5-6-8(4)7(2)3/h6H,1-2,4H2,3H3. The molecule has 0 radical (unpaired) electrons. The van der Waals surface area contributed by atoms with Crippen LogP contribution >= 0.6 is 0 Å². The van der Waals surface area contributed by atoms with E-state index in [-0.39, 0.29) is 0 Å². The molecule has 0 rings (SSSR count). The van der Waals surface area contributed by atoms with E-state index < -0.39 is 0 Å². The van der Waals surface area contributed by atoms with E-state index in [1.54, 1.807) is 6.08 Å². The zero-order chi connectivity index (χ0) is 6.57. The molecule has 0 unspecified atom stereocenters. The molecule has 0 aliphatic rings. The first-order chi connectivity index (χ1) is 3.68. The van der Waals surface area contributed by atoms with Crippen LogP contribution in [0.5, 0.6) is 0 Å². The third-order valence-corrected chi connectivity index (χ3v) is 0.824. The molecule has 0 bridgehead atoms. The summed E-state index contributed by atoms with van der Waals surface area (Å²) in [6, 6.07) is 0. The largest absolute Gasteiger partial charge is 0.128 e. The van der Waals surface area contributed by atoms with Crippen LogP contribution in [0.1, 0.15) is 6.92 Å². The lowest BCUT2D eigenvalue weighted by Crippen LogP contribution is -1.71. The van der Waals surface area contributed by atoms with Gasteiger partial charge in [0.2, 0.25) is 0 Å². The van der Waals surface area contributed by atoms with Gasteiger partial charge < -0.3 is 0 Å². The topological polar surface area (TPSA) is 0 Å². The van der Waals surface area contributed by atoms with Gasteiger partial charge in [-0.1, -0.05) is 25.3 Å². The minimum Gasteiger partial charge on any atom is -0.128 e. The van der Waals surface area contributed by atoms with E-state index in [1.807, 2.05) is 6.92 Å². The maximum absolute atomic E-state index is 3.69. The first-order valence-corrected chi connectivity index (χ1v) is 2.39. The van der Waals surface area contributed by atoms with E-state index in [4.69, 9.17) is 0 Å². The number of hydrogen-bond acceptors (Lipinski definition) is 0. The molecule has 0 N–H and O–H groups in total. The van der Waals surface area contributed by atoms with Crippen molar-refractivity contribution in [3.05, 3.63) is 42.7 Å². The predicted molar refractivity (Wildman–Crippen MR) is 37.7 cm³/mol. The molecule has 0 aliphatic carbocycles. The summed E-state index contributed by atoms with van der Waals surface area (Å²) in [5, 5.41) is 0. The zero-order valence-corrected chi connectivity index (χ0v) is 5.20. The number of rotatable bonds is 2. The van der Waals surface area contributed by atoms with E-state index in [2.05, 4.69) is 25.5 Å². The molecule has 0 fully saturated rings. The fourth-order valence-electron chi connectivity index (χ4n) is 0.246. The first kappa shape index (κ1) is 7.00. The van der Waals surface area contributed by atoms with Crippen molar-refractivity contribution in [2.45, 2.75) is 6.92 Å². The molecule has 0 saturated carbocycles. The molecular formula is C8H10. The summed E-state index contributed by atoms with van der Waals surface area (Å²) in [7, 11) is 0. The van der Waals surface area contributed by atoms with Gasteiger partial charge in [-0.3, -0.25) is 0 Å². The molecule has 0 aromatic rings. The normalized spacial score (nSPS) is 7.12. The highest BCUT2D eigenvalue weighted by Crippen LogP contribution is 2.02. The van der Waals surface area contributed by atoms with Crippen LogP contribution in [0, 0.1) is 0 Å². The highest BCUT2D eigenvalue weighted by atomic mass is 13.9. The average Bonchev–Trinajstić information content (AvgIpc) is 1.67. The number of allylic oxidation sites excluding steroid dienone is 3. The van der Waals surface area contributed by atoms with Crippen molar-refractivity contribution >= 4 is 0 Å². The third kappa shape index (κ3) is 2.22. The Labute approximate surface area is 50.5 Å². The van der Waals surface area contributed by atoms with Gasteiger partial charge in [0.05, 0.1) is 0 Å². The first-order valence-electron chi connectivity index (χ1n) is 2.39. The van der Waals surface area contributed by atoms with Crippen LogP contribution < -0.4 is 0 Å². The van der Waals surface area contributed by atoms with Gasteiger partial charge in [0, 0.05) is 0 Å². The predicted octanol–water partition coefficient (Wildman–Crippen LogP) is 2.46. The van der Waals surface area contributed by atoms with Gasteiger partial charge in [-0.15, -0.1) is 5.73 Å². The van der Waals surface area contributed by atoms with E-state index in [1.165, 1.54) is 0 Å². The van der Waals surface area contributed by atoms with Gasteiger partial charge >= 0.3 is 0 Å². The Kier molecular flexibility index (Phi) is 2.68. The lowest BCUT2D eigenvalue weighted by atomic mass is 10.2. The van der Waals surface area contributed by atoms with Crippen molar-refractivity contribution in [1.82, 2.24) is 0 Å². The SMILES string of the molecule is C=C=CC(=C)C(=C)C.